The smallest absolute Gasteiger partial charge is 1.00 e. The van der Waals surface area contributed by atoms with Gasteiger partial charge in [0.25, 0.3) is 20.4 Å². The quantitative estimate of drug-likeness (QED) is 0.603. The van der Waals surface area contributed by atoms with Gasteiger partial charge in [0.05, 0.1) is 0 Å². The zero-order valence-corrected chi connectivity index (χ0v) is 7.92. The molecule has 69 valence electrons. The number of hydrogen-bond acceptors (Lipinski definition) is 3. The van der Waals surface area contributed by atoms with Crippen molar-refractivity contribution in [2.24, 2.45) is 0 Å². The van der Waals surface area contributed by atoms with Gasteiger partial charge in [-0.1, -0.05) is 30.9 Å². The Kier molecular flexibility index (Phi) is 53.7. The summed E-state index contributed by atoms with van der Waals surface area (Å²) in [6, 6.07) is 0. The molecule has 0 aromatic heterocycles. The Bertz CT molecular complexity index is 157. The van der Waals surface area contributed by atoms with Gasteiger partial charge in [-0.3, -0.25) is 14.4 Å². The second-order valence-electron chi connectivity index (χ2n) is 1.29. The van der Waals surface area contributed by atoms with E-state index in [-0.39, 0.29) is 21.6 Å². The summed E-state index contributed by atoms with van der Waals surface area (Å²) in [6.07, 6.45) is 7.89. The molecular weight excluding hydrogens is 208 g/mol. The van der Waals surface area contributed by atoms with Crippen molar-refractivity contribution in [3.63, 3.8) is 0 Å². The summed E-state index contributed by atoms with van der Waals surface area (Å²) in [5, 5.41) is 0. The van der Waals surface area contributed by atoms with Crippen LogP contribution >= 0.6 is 0 Å². The second-order valence-corrected chi connectivity index (χ2v) is 1.29. The minimum atomic E-state index is 0. The van der Waals surface area contributed by atoms with E-state index in [4.69, 9.17) is 14.4 Å². The molecule has 4 heteroatoms. The SMILES string of the molecule is C=C1C=CC=C1.[C]=O.[C]=O.[C]=O.[Cr+3].[H-].[H-].[H-]. The van der Waals surface area contributed by atoms with Gasteiger partial charge in [0.15, 0.2) is 0 Å². The van der Waals surface area contributed by atoms with Crippen LogP contribution in [0.3, 0.4) is 0 Å². The molecule has 0 spiro atoms. The van der Waals surface area contributed by atoms with E-state index in [0.29, 0.717) is 0 Å². The Hall–Kier alpha value is -1.24. The molecule has 0 saturated heterocycles. The van der Waals surface area contributed by atoms with E-state index < -0.39 is 0 Å². The zero-order chi connectivity index (χ0) is 10.4. The van der Waals surface area contributed by atoms with Crippen LogP contribution in [-0.2, 0) is 31.7 Å². The number of carbonyl (C=O) groups excluding carboxylic acids is 3. The second kappa shape index (κ2) is 30.9. The fourth-order valence-corrected chi connectivity index (χ4v) is 0.414. The molecule has 13 heavy (non-hydrogen) atoms. The van der Waals surface area contributed by atoms with E-state index in [2.05, 4.69) is 26.9 Å². The Morgan fingerprint density at radius 2 is 1.15 bits per heavy atom. The normalized spacial score (nSPS) is 8.77. The first-order valence-electron chi connectivity index (χ1n) is 2.54. The van der Waals surface area contributed by atoms with Crippen LogP contribution < -0.4 is 0 Å². The molecule has 1 rings (SSSR count). The van der Waals surface area contributed by atoms with Gasteiger partial charge in [0, 0.05) is 0 Å². The van der Waals surface area contributed by atoms with Gasteiger partial charge in [-0.05, 0) is 5.57 Å². The van der Waals surface area contributed by atoms with Gasteiger partial charge in [-0.15, -0.1) is 0 Å². The number of allylic oxidation sites excluding steroid dienone is 5. The van der Waals surface area contributed by atoms with E-state index in [1.54, 1.807) is 0 Å². The molecule has 0 heterocycles. The molecule has 7 radical (unpaired) electrons. The third kappa shape index (κ3) is 24.9. The predicted molar refractivity (Wildman–Crippen MR) is 47.8 cm³/mol. The standard InChI is InChI=1S/C6H6.3CO.Cr.3H/c1-6-4-2-3-5-6;3*1-2;;;;/h2-5H,1H2;;;;;;;/q;;;;+3;3*-1. The van der Waals surface area contributed by atoms with Crippen LogP contribution in [0.4, 0.5) is 0 Å². The van der Waals surface area contributed by atoms with Crippen molar-refractivity contribution in [1.82, 2.24) is 0 Å². The topological polar surface area (TPSA) is 51.2 Å². The monoisotopic (exact) mass is 217 g/mol. The van der Waals surface area contributed by atoms with Crippen LogP contribution in [-0.4, -0.2) is 20.4 Å². The summed E-state index contributed by atoms with van der Waals surface area (Å²) in [7, 11) is 0. The zero-order valence-electron chi connectivity index (χ0n) is 9.65. The molecule has 0 aromatic carbocycles. The van der Waals surface area contributed by atoms with Crippen molar-refractivity contribution in [2.45, 2.75) is 0 Å². The van der Waals surface area contributed by atoms with Crippen molar-refractivity contribution in [3.8, 4) is 0 Å². The van der Waals surface area contributed by atoms with Crippen molar-refractivity contribution < 1.29 is 36.0 Å². The first-order chi connectivity index (χ1) is 5.89. The maximum Gasteiger partial charge on any atom is 3.00 e. The number of hydrogen-bond donors (Lipinski definition) is 0. The van der Waals surface area contributed by atoms with Crippen molar-refractivity contribution in [2.75, 3.05) is 0 Å². The molecule has 0 amide bonds. The van der Waals surface area contributed by atoms with E-state index in [1.807, 2.05) is 24.3 Å². The Balaban J connectivity index is -0.0000000147. The fraction of sp³-hybridized carbons (Fsp3) is 0. The molecule has 1 aliphatic carbocycles. The molecule has 0 N–H and O–H groups in total. The van der Waals surface area contributed by atoms with Crippen LogP contribution in [0.1, 0.15) is 4.28 Å². The van der Waals surface area contributed by atoms with E-state index in [0.717, 1.165) is 5.57 Å². The van der Waals surface area contributed by atoms with Gasteiger partial charge in [0.2, 0.25) is 0 Å². The average molecular weight is 217 g/mol. The molecule has 0 aromatic rings. The first kappa shape index (κ1) is 22.6. The van der Waals surface area contributed by atoms with Gasteiger partial charge in [-0.25, -0.2) is 0 Å². The third-order valence-corrected chi connectivity index (χ3v) is 0.732. The van der Waals surface area contributed by atoms with Crippen LogP contribution in [0.2, 0.25) is 0 Å². The van der Waals surface area contributed by atoms with Crippen molar-refractivity contribution >= 4 is 20.4 Å². The predicted octanol–water partition coefficient (Wildman–Crippen LogP) is 0.812. The summed E-state index contributed by atoms with van der Waals surface area (Å²) in [5.74, 6) is 0. The Morgan fingerprint density at radius 3 is 1.23 bits per heavy atom. The third-order valence-electron chi connectivity index (χ3n) is 0.732. The van der Waals surface area contributed by atoms with Gasteiger partial charge in [0.1, 0.15) is 0 Å². The largest absolute Gasteiger partial charge is 3.00 e. The molecule has 1 aliphatic rings. The molecule has 0 saturated carbocycles. The first-order valence-corrected chi connectivity index (χ1v) is 2.54. The van der Waals surface area contributed by atoms with E-state index in [9.17, 15) is 0 Å². The maximum atomic E-state index is 7.50. The Morgan fingerprint density at radius 1 is 0.923 bits per heavy atom. The minimum Gasteiger partial charge on any atom is -1.00 e. The van der Waals surface area contributed by atoms with E-state index >= 15 is 0 Å². The summed E-state index contributed by atoms with van der Waals surface area (Å²) in [5.41, 5.74) is 1.09. The summed E-state index contributed by atoms with van der Waals surface area (Å²) < 4.78 is 0. The van der Waals surface area contributed by atoms with Crippen LogP contribution in [0, 0.1) is 0 Å². The van der Waals surface area contributed by atoms with Gasteiger partial charge < -0.3 is 4.28 Å². The molecule has 0 atom stereocenters. The number of rotatable bonds is 0. The average Bonchev–Trinajstić information content (AvgIpc) is 2.66. The molecule has 0 bridgehead atoms. The maximum absolute atomic E-state index is 7.50. The minimum absolute atomic E-state index is 0. The molecule has 0 unspecified atom stereocenters. The van der Waals surface area contributed by atoms with Crippen LogP contribution in [0.25, 0.3) is 0 Å². The summed E-state index contributed by atoms with van der Waals surface area (Å²) in [4.78, 5) is 22.5. The molecule has 0 fully saturated rings. The van der Waals surface area contributed by atoms with Crippen molar-refractivity contribution in [1.29, 1.82) is 0 Å². The Labute approximate surface area is 93.4 Å². The van der Waals surface area contributed by atoms with E-state index in [1.165, 1.54) is 0 Å². The van der Waals surface area contributed by atoms with Crippen LogP contribution in [0.5, 0.6) is 0 Å². The summed E-state index contributed by atoms with van der Waals surface area (Å²) in [6.45, 7) is 17.2. The molecule has 3 nitrogen and oxygen atoms in total. The van der Waals surface area contributed by atoms with Gasteiger partial charge >= 0.3 is 17.4 Å². The molecular formula is C9H9CrO3. The fourth-order valence-electron chi connectivity index (χ4n) is 0.414. The van der Waals surface area contributed by atoms with Gasteiger partial charge in [-0.2, -0.15) is 0 Å². The van der Waals surface area contributed by atoms with Crippen LogP contribution in [0.15, 0.2) is 36.5 Å². The molecule has 0 aliphatic heterocycles. The van der Waals surface area contributed by atoms with Crippen molar-refractivity contribution in [3.05, 3.63) is 36.5 Å². The summed E-state index contributed by atoms with van der Waals surface area (Å²) >= 11 is 0.